The predicted octanol–water partition coefficient (Wildman–Crippen LogP) is 5.68. The Hall–Kier alpha value is -3.12. The maximum Gasteiger partial charge on any atom is 0.346 e. The van der Waals surface area contributed by atoms with E-state index in [2.05, 4.69) is 5.32 Å². The Balaban J connectivity index is 1.81. The van der Waals surface area contributed by atoms with Gasteiger partial charge in [0.25, 0.3) is 0 Å². The monoisotopic (exact) mass is 421 g/mol. The predicted molar refractivity (Wildman–Crippen MR) is 119 cm³/mol. The van der Waals surface area contributed by atoms with Crippen LogP contribution in [-0.2, 0) is 4.79 Å². The van der Waals surface area contributed by atoms with E-state index in [1.807, 2.05) is 69.3 Å². The second-order valence-electron chi connectivity index (χ2n) is 7.76. The van der Waals surface area contributed by atoms with Gasteiger partial charge in [-0.25, -0.2) is 4.79 Å². The number of aromatic carboxylic acids is 1. The molecular formula is C24H23NO4S. The van der Waals surface area contributed by atoms with Gasteiger partial charge in [0.15, 0.2) is 0 Å². The molecule has 0 fully saturated rings. The number of carboxylic acids is 1. The number of fused-ring (bicyclic) bond motifs is 1. The molecule has 0 saturated heterocycles. The Morgan fingerprint density at radius 1 is 1.13 bits per heavy atom. The first-order valence-electron chi connectivity index (χ1n) is 9.87. The number of thiophene rings is 1. The lowest BCUT2D eigenvalue weighted by Gasteiger charge is -2.24. The number of hydrogen-bond acceptors (Lipinski definition) is 4. The Morgan fingerprint density at radius 2 is 1.80 bits per heavy atom. The summed E-state index contributed by atoms with van der Waals surface area (Å²) in [5.74, 6) is -0.520. The molecule has 1 amide bonds. The SMILES string of the molecule is Cc1ccc(-c2c(C(=O)O)sc3c2NC(=O)C[C@@H]3c2ccc(OC(C)C)cc2)cc1. The van der Waals surface area contributed by atoms with Crippen LogP contribution in [0.25, 0.3) is 11.1 Å². The van der Waals surface area contributed by atoms with Gasteiger partial charge in [0.05, 0.1) is 11.8 Å². The molecule has 0 radical (unpaired) electrons. The van der Waals surface area contributed by atoms with Crippen molar-refractivity contribution in [3.8, 4) is 16.9 Å². The minimum absolute atomic E-state index is 0.0791. The Morgan fingerprint density at radius 3 is 2.40 bits per heavy atom. The Labute approximate surface area is 179 Å². The number of aryl methyl sites for hydroxylation is 1. The largest absolute Gasteiger partial charge is 0.491 e. The molecule has 1 aliphatic heterocycles. The maximum atomic E-state index is 12.6. The van der Waals surface area contributed by atoms with Gasteiger partial charge < -0.3 is 15.2 Å². The molecule has 4 rings (SSSR count). The van der Waals surface area contributed by atoms with E-state index in [9.17, 15) is 14.7 Å². The number of rotatable bonds is 5. The number of benzene rings is 2. The Bertz CT molecular complexity index is 1100. The average Bonchev–Trinajstić information content (AvgIpc) is 3.08. The van der Waals surface area contributed by atoms with Crippen molar-refractivity contribution in [3.63, 3.8) is 0 Å². The lowest BCUT2D eigenvalue weighted by atomic mass is 9.88. The number of carboxylic acid groups (broad SMARTS) is 1. The molecule has 2 heterocycles. The fraction of sp³-hybridized carbons (Fsp3) is 0.250. The quantitative estimate of drug-likeness (QED) is 0.555. The number of amides is 1. The molecule has 0 saturated carbocycles. The van der Waals surface area contributed by atoms with Crippen molar-refractivity contribution in [1.82, 2.24) is 0 Å². The van der Waals surface area contributed by atoms with Crippen LogP contribution in [0.5, 0.6) is 5.75 Å². The van der Waals surface area contributed by atoms with E-state index >= 15 is 0 Å². The van der Waals surface area contributed by atoms with Gasteiger partial charge in [-0.05, 0) is 44.0 Å². The van der Waals surface area contributed by atoms with E-state index in [0.29, 0.717) is 11.3 Å². The van der Waals surface area contributed by atoms with Crippen LogP contribution >= 0.6 is 11.3 Å². The van der Waals surface area contributed by atoms with E-state index < -0.39 is 5.97 Å². The van der Waals surface area contributed by atoms with E-state index in [0.717, 1.165) is 27.3 Å². The maximum absolute atomic E-state index is 12.6. The highest BCUT2D eigenvalue weighted by Gasteiger charge is 2.34. The number of nitrogens with one attached hydrogen (secondary N) is 1. The molecule has 0 spiro atoms. The molecule has 5 nitrogen and oxygen atoms in total. The molecule has 6 heteroatoms. The van der Waals surface area contributed by atoms with E-state index in [1.54, 1.807) is 0 Å². The number of carbonyl (C=O) groups excluding carboxylic acids is 1. The van der Waals surface area contributed by atoms with Gasteiger partial charge in [0.2, 0.25) is 5.91 Å². The van der Waals surface area contributed by atoms with Crippen molar-refractivity contribution in [2.45, 2.75) is 39.2 Å². The molecule has 1 aromatic heterocycles. The van der Waals surface area contributed by atoms with Crippen molar-refractivity contribution in [2.75, 3.05) is 5.32 Å². The van der Waals surface area contributed by atoms with Crippen molar-refractivity contribution >= 4 is 28.9 Å². The molecule has 1 aliphatic rings. The molecule has 1 atom stereocenters. The van der Waals surface area contributed by atoms with Gasteiger partial charge in [-0.15, -0.1) is 11.3 Å². The highest BCUT2D eigenvalue weighted by atomic mass is 32.1. The van der Waals surface area contributed by atoms with Crippen LogP contribution in [0.4, 0.5) is 5.69 Å². The molecule has 2 aromatic carbocycles. The fourth-order valence-electron chi connectivity index (χ4n) is 3.75. The zero-order valence-corrected chi connectivity index (χ0v) is 17.9. The van der Waals surface area contributed by atoms with Crippen molar-refractivity contribution < 1.29 is 19.4 Å². The van der Waals surface area contributed by atoms with Gasteiger partial charge in [0, 0.05) is 22.8 Å². The smallest absolute Gasteiger partial charge is 0.346 e. The lowest BCUT2D eigenvalue weighted by molar-refractivity contribution is -0.116. The lowest BCUT2D eigenvalue weighted by Crippen LogP contribution is -2.22. The molecule has 0 aliphatic carbocycles. The summed E-state index contributed by atoms with van der Waals surface area (Å²) in [5.41, 5.74) is 4.05. The minimum Gasteiger partial charge on any atom is -0.491 e. The van der Waals surface area contributed by atoms with Crippen molar-refractivity contribution in [3.05, 3.63) is 69.4 Å². The van der Waals surface area contributed by atoms with E-state index in [-0.39, 0.29) is 29.2 Å². The summed E-state index contributed by atoms with van der Waals surface area (Å²) < 4.78 is 5.71. The summed E-state index contributed by atoms with van der Waals surface area (Å²) >= 11 is 1.24. The van der Waals surface area contributed by atoms with E-state index in [4.69, 9.17) is 4.74 Å². The summed E-state index contributed by atoms with van der Waals surface area (Å²) in [6.45, 7) is 5.92. The second kappa shape index (κ2) is 7.95. The van der Waals surface area contributed by atoms with Gasteiger partial charge in [-0.1, -0.05) is 42.0 Å². The van der Waals surface area contributed by atoms with Gasteiger partial charge >= 0.3 is 5.97 Å². The summed E-state index contributed by atoms with van der Waals surface area (Å²) in [6.07, 6.45) is 0.361. The second-order valence-corrected chi connectivity index (χ2v) is 8.81. The zero-order chi connectivity index (χ0) is 21.4. The molecule has 0 unspecified atom stereocenters. The highest BCUT2D eigenvalue weighted by molar-refractivity contribution is 7.15. The first-order chi connectivity index (χ1) is 14.3. The Kier molecular flexibility index (Phi) is 5.35. The number of ether oxygens (including phenoxy) is 1. The van der Waals surface area contributed by atoms with Crippen LogP contribution in [0.15, 0.2) is 48.5 Å². The standard InChI is InChI=1S/C24H23NO4S/c1-13(2)29-17-10-8-15(9-11-17)18-12-19(26)25-21-20(16-6-4-14(3)5-7-16)23(24(27)28)30-22(18)21/h4-11,13,18H,12H2,1-3H3,(H,25,26)(H,27,28)/t18-/m1/s1. The molecular weight excluding hydrogens is 398 g/mol. The first-order valence-corrected chi connectivity index (χ1v) is 10.7. The summed E-state index contributed by atoms with van der Waals surface area (Å²) in [4.78, 5) is 25.7. The number of carbonyl (C=O) groups is 2. The van der Waals surface area contributed by atoms with Gasteiger partial charge in [0.1, 0.15) is 10.6 Å². The van der Waals surface area contributed by atoms with Crippen LogP contribution in [0.1, 0.15) is 51.9 Å². The van der Waals surface area contributed by atoms with Crippen molar-refractivity contribution in [1.29, 1.82) is 0 Å². The molecule has 154 valence electrons. The third-order valence-electron chi connectivity index (χ3n) is 5.09. The third kappa shape index (κ3) is 3.83. The molecule has 3 aromatic rings. The summed E-state index contributed by atoms with van der Waals surface area (Å²) in [7, 11) is 0. The van der Waals surface area contributed by atoms with Crippen LogP contribution in [-0.4, -0.2) is 23.1 Å². The molecule has 2 N–H and O–H groups in total. The van der Waals surface area contributed by atoms with Gasteiger partial charge in [-0.2, -0.15) is 0 Å². The minimum atomic E-state index is -0.987. The molecule has 0 bridgehead atoms. The first kappa shape index (κ1) is 20.2. The number of anilines is 1. The summed E-state index contributed by atoms with van der Waals surface area (Å²) in [6, 6.07) is 15.4. The topological polar surface area (TPSA) is 75.6 Å². The van der Waals surface area contributed by atoms with Gasteiger partial charge in [-0.3, -0.25) is 4.79 Å². The van der Waals surface area contributed by atoms with Crippen molar-refractivity contribution in [2.24, 2.45) is 0 Å². The van der Waals surface area contributed by atoms with Crippen LogP contribution in [0.3, 0.4) is 0 Å². The zero-order valence-electron chi connectivity index (χ0n) is 17.1. The van der Waals surface area contributed by atoms with Crippen LogP contribution in [0.2, 0.25) is 0 Å². The fourth-order valence-corrected chi connectivity index (χ4v) is 5.00. The van der Waals surface area contributed by atoms with Crippen LogP contribution < -0.4 is 10.1 Å². The number of hydrogen-bond donors (Lipinski definition) is 2. The van der Waals surface area contributed by atoms with Crippen LogP contribution in [0, 0.1) is 6.92 Å². The summed E-state index contributed by atoms with van der Waals surface area (Å²) in [5, 5.41) is 12.8. The van der Waals surface area contributed by atoms with E-state index in [1.165, 1.54) is 11.3 Å². The third-order valence-corrected chi connectivity index (χ3v) is 6.39. The highest BCUT2D eigenvalue weighted by Crippen LogP contribution is 2.49. The normalized spacial score (nSPS) is 15.6. The average molecular weight is 422 g/mol. The molecule has 30 heavy (non-hydrogen) atoms.